The Morgan fingerprint density at radius 1 is 0.840 bits per heavy atom. The Morgan fingerprint density at radius 3 is 1.98 bits per heavy atom. The van der Waals surface area contributed by atoms with E-state index in [2.05, 4.69) is 0 Å². The standard InChI is InChI=1S/C39H33FN4O5S/c1-49-39(46)33-24-41-37(43(25-27-12-5-2-6-13-27)26-28-14-7-3-8-15-28)36-32(33)23-35(44(36)50(47,48)30-16-9-4-10-17-30)31-19-18-29(22-34(31)40)38(45)42-20-11-21-42/h2-10,12-19,22-24H,11,20-21,25-26H2,1H3. The van der Waals surface area contributed by atoms with Crippen LogP contribution in [0.4, 0.5) is 10.2 Å². The van der Waals surface area contributed by atoms with Gasteiger partial charge in [-0.15, -0.1) is 0 Å². The van der Waals surface area contributed by atoms with Gasteiger partial charge in [-0.1, -0.05) is 78.9 Å². The molecule has 7 rings (SSSR count). The molecule has 11 heteroatoms. The van der Waals surface area contributed by atoms with E-state index in [-0.39, 0.29) is 49.9 Å². The van der Waals surface area contributed by atoms with E-state index in [0.717, 1.165) is 27.6 Å². The van der Waals surface area contributed by atoms with Crippen molar-refractivity contribution >= 4 is 38.6 Å². The number of amides is 1. The summed E-state index contributed by atoms with van der Waals surface area (Å²) in [7, 11) is -3.22. The fraction of sp³-hybridized carbons (Fsp3) is 0.154. The molecule has 1 aliphatic rings. The van der Waals surface area contributed by atoms with E-state index in [1.165, 1.54) is 43.6 Å². The average Bonchev–Trinajstić information content (AvgIpc) is 3.52. The van der Waals surface area contributed by atoms with E-state index in [9.17, 15) is 18.0 Å². The molecule has 0 atom stereocenters. The van der Waals surface area contributed by atoms with Crippen LogP contribution in [0, 0.1) is 5.82 Å². The summed E-state index contributed by atoms with van der Waals surface area (Å²) in [5.41, 5.74) is 2.02. The maximum Gasteiger partial charge on any atom is 0.340 e. The molecule has 0 bridgehead atoms. The quantitative estimate of drug-likeness (QED) is 0.144. The van der Waals surface area contributed by atoms with Crippen molar-refractivity contribution in [1.82, 2.24) is 13.9 Å². The molecule has 6 aromatic rings. The van der Waals surface area contributed by atoms with Gasteiger partial charge in [0.2, 0.25) is 0 Å². The number of anilines is 1. The van der Waals surface area contributed by atoms with Gasteiger partial charge < -0.3 is 14.5 Å². The molecule has 0 spiro atoms. The lowest BCUT2D eigenvalue weighted by molar-refractivity contribution is 0.0601. The lowest BCUT2D eigenvalue weighted by Gasteiger charge is -2.31. The molecule has 3 heterocycles. The molecule has 2 aromatic heterocycles. The Kier molecular flexibility index (Phi) is 8.90. The second kappa shape index (κ2) is 13.6. The van der Waals surface area contributed by atoms with E-state index < -0.39 is 21.8 Å². The van der Waals surface area contributed by atoms with Gasteiger partial charge in [-0.25, -0.2) is 26.6 Å². The molecule has 1 fully saturated rings. The number of pyridine rings is 1. The Balaban J connectivity index is 1.52. The normalized spacial score (nSPS) is 12.8. The lowest BCUT2D eigenvalue weighted by atomic mass is 10.1. The van der Waals surface area contributed by atoms with E-state index in [4.69, 9.17) is 9.72 Å². The Morgan fingerprint density at radius 2 is 1.44 bits per heavy atom. The molecule has 1 saturated heterocycles. The van der Waals surface area contributed by atoms with Gasteiger partial charge in [0.25, 0.3) is 15.9 Å². The molecule has 1 amide bonds. The first-order valence-electron chi connectivity index (χ1n) is 16.1. The molecule has 50 heavy (non-hydrogen) atoms. The molecular weight excluding hydrogens is 656 g/mol. The fourth-order valence-electron chi connectivity index (χ4n) is 6.18. The van der Waals surface area contributed by atoms with Crippen LogP contribution in [0.25, 0.3) is 22.2 Å². The topological polar surface area (TPSA) is 102 Å². The zero-order valence-corrected chi connectivity index (χ0v) is 28.0. The summed E-state index contributed by atoms with van der Waals surface area (Å²) in [6.07, 6.45) is 2.25. The molecule has 9 nitrogen and oxygen atoms in total. The summed E-state index contributed by atoms with van der Waals surface area (Å²) >= 11 is 0. The summed E-state index contributed by atoms with van der Waals surface area (Å²) in [4.78, 5) is 34.4. The number of likely N-dealkylation sites (tertiary alicyclic amines) is 1. The average molecular weight is 689 g/mol. The number of methoxy groups -OCH3 is 1. The molecule has 0 aliphatic carbocycles. The maximum atomic E-state index is 16.2. The van der Waals surface area contributed by atoms with Crippen LogP contribution in [0.2, 0.25) is 0 Å². The van der Waals surface area contributed by atoms with Crippen LogP contribution in [0.3, 0.4) is 0 Å². The molecule has 0 radical (unpaired) electrons. The summed E-state index contributed by atoms with van der Waals surface area (Å²) in [6, 6.07) is 32.7. The minimum absolute atomic E-state index is 0.0128. The largest absolute Gasteiger partial charge is 0.465 e. The molecule has 0 saturated carbocycles. The maximum absolute atomic E-state index is 16.2. The number of carbonyl (C=O) groups excluding carboxylic acids is 2. The third kappa shape index (κ3) is 6.12. The number of nitrogens with zero attached hydrogens (tertiary/aromatic N) is 4. The monoisotopic (exact) mass is 688 g/mol. The zero-order chi connectivity index (χ0) is 34.8. The van der Waals surface area contributed by atoms with Gasteiger partial charge in [-0.05, 0) is 53.9 Å². The van der Waals surface area contributed by atoms with Crippen LogP contribution in [0.5, 0.6) is 0 Å². The first kappa shape index (κ1) is 32.7. The summed E-state index contributed by atoms with van der Waals surface area (Å²) in [5, 5.41) is 0.211. The molecule has 0 N–H and O–H groups in total. The highest BCUT2D eigenvalue weighted by Crippen LogP contribution is 2.40. The Hall–Kier alpha value is -5.81. The molecule has 1 aliphatic heterocycles. The van der Waals surface area contributed by atoms with E-state index in [0.29, 0.717) is 26.2 Å². The van der Waals surface area contributed by atoms with Crippen molar-refractivity contribution in [2.24, 2.45) is 0 Å². The number of esters is 1. The minimum Gasteiger partial charge on any atom is -0.465 e. The highest BCUT2D eigenvalue weighted by atomic mass is 32.2. The second-order valence-electron chi connectivity index (χ2n) is 12.0. The van der Waals surface area contributed by atoms with Gasteiger partial charge in [0.05, 0.1) is 23.3 Å². The van der Waals surface area contributed by atoms with Gasteiger partial charge in [0, 0.05) is 48.9 Å². The van der Waals surface area contributed by atoms with Crippen molar-refractivity contribution < 1.29 is 27.1 Å². The molecule has 0 unspecified atom stereocenters. The lowest BCUT2D eigenvalue weighted by Crippen LogP contribution is -2.42. The van der Waals surface area contributed by atoms with Crippen LogP contribution in [0.15, 0.2) is 126 Å². The van der Waals surface area contributed by atoms with Crippen molar-refractivity contribution in [3.8, 4) is 11.3 Å². The zero-order valence-electron chi connectivity index (χ0n) is 27.2. The SMILES string of the molecule is COC(=O)c1cnc(N(Cc2ccccc2)Cc2ccccc2)c2c1cc(-c1ccc(C(=O)N3CCC3)cc1F)n2S(=O)(=O)c1ccccc1. The van der Waals surface area contributed by atoms with Crippen molar-refractivity contribution in [2.75, 3.05) is 25.1 Å². The number of rotatable bonds is 10. The Labute approximate surface area is 289 Å². The third-order valence-corrected chi connectivity index (χ3v) is 10.6. The van der Waals surface area contributed by atoms with Crippen molar-refractivity contribution in [3.05, 3.63) is 150 Å². The summed E-state index contributed by atoms with van der Waals surface area (Å²) < 4.78 is 52.0. The first-order valence-corrected chi connectivity index (χ1v) is 17.6. The first-order chi connectivity index (χ1) is 24.3. The fourth-order valence-corrected chi connectivity index (χ4v) is 7.72. The van der Waals surface area contributed by atoms with Crippen LogP contribution in [-0.2, 0) is 27.8 Å². The number of hydrogen-bond acceptors (Lipinski definition) is 7. The van der Waals surface area contributed by atoms with Gasteiger partial charge in [0.15, 0.2) is 5.82 Å². The van der Waals surface area contributed by atoms with E-state index in [1.807, 2.05) is 65.6 Å². The number of hydrogen-bond donors (Lipinski definition) is 0. The smallest absolute Gasteiger partial charge is 0.340 e. The predicted octanol–water partition coefficient (Wildman–Crippen LogP) is 6.92. The van der Waals surface area contributed by atoms with Crippen LogP contribution in [0.1, 0.15) is 38.3 Å². The highest BCUT2D eigenvalue weighted by Gasteiger charge is 2.32. The van der Waals surface area contributed by atoms with Gasteiger partial charge in [-0.3, -0.25) is 4.79 Å². The summed E-state index contributed by atoms with van der Waals surface area (Å²) in [5.74, 6) is -1.56. The highest BCUT2D eigenvalue weighted by molar-refractivity contribution is 7.90. The second-order valence-corrected chi connectivity index (χ2v) is 13.8. The van der Waals surface area contributed by atoms with Crippen molar-refractivity contribution in [3.63, 3.8) is 0 Å². The number of fused-ring (bicyclic) bond motifs is 1. The van der Waals surface area contributed by atoms with Crippen molar-refractivity contribution in [1.29, 1.82) is 0 Å². The van der Waals surface area contributed by atoms with Gasteiger partial charge in [0.1, 0.15) is 11.3 Å². The minimum atomic E-state index is -4.45. The van der Waals surface area contributed by atoms with Crippen LogP contribution >= 0.6 is 0 Å². The van der Waals surface area contributed by atoms with Gasteiger partial charge >= 0.3 is 5.97 Å². The number of halogens is 1. The number of ether oxygens (including phenoxy) is 1. The van der Waals surface area contributed by atoms with Crippen LogP contribution < -0.4 is 4.90 Å². The van der Waals surface area contributed by atoms with Gasteiger partial charge in [-0.2, -0.15) is 0 Å². The van der Waals surface area contributed by atoms with E-state index in [1.54, 1.807) is 23.1 Å². The van der Waals surface area contributed by atoms with E-state index >= 15 is 4.39 Å². The molecular formula is C39H33FN4O5S. The van der Waals surface area contributed by atoms with Crippen LogP contribution in [-0.4, -0.2) is 54.3 Å². The third-order valence-electron chi connectivity index (χ3n) is 8.83. The number of aromatic nitrogens is 2. The molecule has 4 aromatic carbocycles. The van der Waals surface area contributed by atoms with Crippen molar-refractivity contribution in [2.45, 2.75) is 24.4 Å². The number of carbonyl (C=O) groups is 2. The number of benzene rings is 4. The Bertz CT molecular complexity index is 2270. The molecule has 252 valence electrons. The summed E-state index contributed by atoms with van der Waals surface area (Å²) in [6.45, 7) is 1.87. The predicted molar refractivity (Wildman–Crippen MR) is 189 cm³/mol.